The van der Waals surface area contributed by atoms with E-state index in [1.54, 1.807) is 0 Å². The lowest BCUT2D eigenvalue weighted by molar-refractivity contribution is 0.442. The van der Waals surface area contributed by atoms with Gasteiger partial charge in [0, 0.05) is 18.4 Å². The molecule has 2 fully saturated rings. The molecule has 3 rings (SSSR count). The second kappa shape index (κ2) is 3.85. The largest absolute Gasteiger partial charge is 0.313 e. The van der Waals surface area contributed by atoms with Gasteiger partial charge in [-0.15, -0.1) is 0 Å². The van der Waals surface area contributed by atoms with Crippen LogP contribution in [0, 0.1) is 24.7 Å². The van der Waals surface area contributed by atoms with Crippen molar-refractivity contribution in [3.63, 3.8) is 0 Å². The highest BCUT2D eigenvalue weighted by molar-refractivity contribution is 5.28. The number of aromatic nitrogens is 1. The van der Waals surface area contributed by atoms with Gasteiger partial charge in [-0.1, -0.05) is 6.42 Å². The molecule has 2 aliphatic rings. The Labute approximate surface area is 97.5 Å². The van der Waals surface area contributed by atoms with Gasteiger partial charge < -0.3 is 5.32 Å². The SMILES string of the molecule is CNC(c1cnccc1C)C1C2CCCC21. The quantitative estimate of drug-likeness (QED) is 0.840. The monoisotopic (exact) mass is 216 g/mol. The molecule has 0 spiro atoms. The van der Waals surface area contributed by atoms with Crippen molar-refractivity contribution in [3.8, 4) is 0 Å². The Morgan fingerprint density at radius 2 is 2.12 bits per heavy atom. The summed E-state index contributed by atoms with van der Waals surface area (Å²) in [6.07, 6.45) is 8.29. The van der Waals surface area contributed by atoms with Crippen LogP contribution in [0.25, 0.3) is 0 Å². The van der Waals surface area contributed by atoms with Gasteiger partial charge in [0.1, 0.15) is 0 Å². The van der Waals surface area contributed by atoms with E-state index in [1.807, 2.05) is 12.4 Å². The van der Waals surface area contributed by atoms with Gasteiger partial charge in [-0.2, -0.15) is 0 Å². The summed E-state index contributed by atoms with van der Waals surface area (Å²) in [6.45, 7) is 2.19. The first-order chi connectivity index (χ1) is 7.83. The molecule has 0 radical (unpaired) electrons. The summed E-state index contributed by atoms with van der Waals surface area (Å²) in [6, 6.07) is 2.65. The molecule has 0 amide bonds. The van der Waals surface area contributed by atoms with E-state index >= 15 is 0 Å². The van der Waals surface area contributed by atoms with Gasteiger partial charge in [-0.05, 0) is 61.8 Å². The van der Waals surface area contributed by atoms with Crippen LogP contribution >= 0.6 is 0 Å². The lowest BCUT2D eigenvalue weighted by Gasteiger charge is -2.20. The number of hydrogen-bond donors (Lipinski definition) is 1. The molecule has 1 aromatic rings. The van der Waals surface area contributed by atoms with Crippen LogP contribution in [0.1, 0.15) is 36.4 Å². The number of nitrogens with one attached hydrogen (secondary N) is 1. The summed E-state index contributed by atoms with van der Waals surface area (Å²) < 4.78 is 0. The standard InChI is InChI=1S/C14H20N2/c1-9-6-7-16-8-12(9)14(15-2)13-10-4-3-5-11(10)13/h6-8,10-11,13-15H,3-5H2,1-2H3. The second-order valence-electron chi connectivity index (χ2n) is 5.33. The zero-order chi connectivity index (χ0) is 11.1. The zero-order valence-corrected chi connectivity index (χ0v) is 10.1. The van der Waals surface area contributed by atoms with Gasteiger partial charge in [0.2, 0.25) is 0 Å². The van der Waals surface area contributed by atoms with E-state index in [1.165, 1.54) is 30.4 Å². The molecule has 3 atom stereocenters. The minimum Gasteiger partial charge on any atom is -0.313 e. The zero-order valence-electron chi connectivity index (χ0n) is 10.1. The van der Waals surface area contributed by atoms with E-state index in [2.05, 4.69) is 30.3 Å². The summed E-state index contributed by atoms with van der Waals surface area (Å²) in [4.78, 5) is 4.28. The Kier molecular flexibility index (Phi) is 2.47. The van der Waals surface area contributed by atoms with E-state index in [0.29, 0.717) is 6.04 Å². The van der Waals surface area contributed by atoms with Gasteiger partial charge in [0.25, 0.3) is 0 Å². The normalized spacial score (nSPS) is 33.5. The fourth-order valence-corrected chi connectivity index (χ4v) is 3.73. The summed E-state index contributed by atoms with van der Waals surface area (Å²) in [7, 11) is 2.09. The molecular formula is C14H20N2. The maximum atomic E-state index is 4.28. The topological polar surface area (TPSA) is 24.9 Å². The first-order valence-electron chi connectivity index (χ1n) is 6.40. The van der Waals surface area contributed by atoms with Crippen LogP contribution in [0.3, 0.4) is 0 Å². The van der Waals surface area contributed by atoms with Gasteiger partial charge >= 0.3 is 0 Å². The van der Waals surface area contributed by atoms with E-state index in [9.17, 15) is 0 Å². The highest BCUT2D eigenvalue weighted by atomic mass is 14.9. The highest BCUT2D eigenvalue weighted by Gasteiger charge is 2.55. The van der Waals surface area contributed by atoms with Crippen molar-refractivity contribution in [2.75, 3.05) is 7.05 Å². The number of pyridine rings is 1. The molecular weight excluding hydrogens is 196 g/mol. The Morgan fingerprint density at radius 1 is 1.38 bits per heavy atom. The molecule has 0 aliphatic heterocycles. The number of hydrogen-bond acceptors (Lipinski definition) is 2. The second-order valence-corrected chi connectivity index (χ2v) is 5.33. The van der Waals surface area contributed by atoms with Crippen molar-refractivity contribution in [1.82, 2.24) is 10.3 Å². The van der Waals surface area contributed by atoms with Crippen molar-refractivity contribution in [3.05, 3.63) is 29.6 Å². The Bertz CT molecular complexity index is 378. The van der Waals surface area contributed by atoms with E-state index in [4.69, 9.17) is 0 Å². The number of aryl methyl sites for hydroxylation is 1. The molecule has 2 nitrogen and oxygen atoms in total. The van der Waals surface area contributed by atoms with Crippen LogP contribution in [0.2, 0.25) is 0 Å². The average Bonchev–Trinajstić information content (AvgIpc) is 2.76. The summed E-state index contributed by atoms with van der Waals surface area (Å²) in [5.41, 5.74) is 2.78. The van der Waals surface area contributed by atoms with Crippen molar-refractivity contribution >= 4 is 0 Å². The number of rotatable bonds is 3. The molecule has 86 valence electrons. The van der Waals surface area contributed by atoms with Gasteiger partial charge in [0.05, 0.1) is 0 Å². The molecule has 0 bridgehead atoms. The van der Waals surface area contributed by atoms with Crippen molar-refractivity contribution in [2.45, 2.75) is 32.2 Å². The molecule has 2 aliphatic carbocycles. The maximum absolute atomic E-state index is 4.28. The number of nitrogens with zero attached hydrogens (tertiary/aromatic N) is 1. The van der Waals surface area contributed by atoms with Gasteiger partial charge in [-0.25, -0.2) is 0 Å². The lowest BCUT2D eigenvalue weighted by atomic mass is 9.95. The Hall–Kier alpha value is -0.890. The third-order valence-electron chi connectivity index (χ3n) is 4.58. The predicted molar refractivity (Wildman–Crippen MR) is 65.1 cm³/mol. The molecule has 16 heavy (non-hydrogen) atoms. The smallest absolute Gasteiger partial charge is 0.0369 e. The maximum Gasteiger partial charge on any atom is 0.0369 e. The minimum absolute atomic E-state index is 0.531. The van der Waals surface area contributed by atoms with Crippen molar-refractivity contribution in [2.24, 2.45) is 17.8 Å². The van der Waals surface area contributed by atoms with Crippen molar-refractivity contribution < 1.29 is 0 Å². The molecule has 1 aromatic heterocycles. The number of fused-ring (bicyclic) bond motifs is 1. The molecule has 0 aromatic carbocycles. The highest BCUT2D eigenvalue weighted by Crippen LogP contribution is 2.62. The third-order valence-corrected chi connectivity index (χ3v) is 4.58. The molecule has 2 saturated carbocycles. The van der Waals surface area contributed by atoms with Gasteiger partial charge in [0.15, 0.2) is 0 Å². The van der Waals surface area contributed by atoms with Crippen LogP contribution in [0.4, 0.5) is 0 Å². The lowest BCUT2D eigenvalue weighted by Crippen LogP contribution is -2.21. The third kappa shape index (κ3) is 1.47. The molecule has 1 N–H and O–H groups in total. The summed E-state index contributed by atoms with van der Waals surface area (Å²) in [5, 5.41) is 3.51. The Morgan fingerprint density at radius 3 is 2.75 bits per heavy atom. The van der Waals surface area contributed by atoms with Gasteiger partial charge in [-0.3, -0.25) is 4.98 Å². The van der Waals surface area contributed by atoms with Crippen LogP contribution in [0.15, 0.2) is 18.5 Å². The van der Waals surface area contributed by atoms with Crippen molar-refractivity contribution in [1.29, 1.82) is 0 Å². The first-order valence-corrected chi connectivity index (χ1v) is 6.40. The average molecular weight is 216 g/mol. The fourth-order valence-electron chi connectivity index (χ4n) is 3.73. The van der Waals surface area contributed by atoms with Crippen LogP contribution in [-0.2, 0) is 0 Å². The first kappa shape index (κ1) is 10.3. The molecule has 2 heteroatoms. The van der Waals surface area contributed by atoms with E-state index in [0.717, 1.165) is 17.8 Å². The predicted octanol–water partition coefficient (Wildman–Crippen LogP) is 2.70. The van der Waals surface area contributed by atoms with E-state index < -0.39 is 0 Å². The fraction of sp³-hybridized carbons (Fsp3) is 0.643. The summed E-state index contributed by atoms with van der Waals surface area (Å²) >= 11 is 0. The van der Waals surface area contributed by atoms with Crippen LogP contribution < -0.4 is 5.32 Å². The minimum atomic E-state index is 0.531. The Balaban J connectivity index is 1.84. The molecule has 1 heterocycles. The molecule has 3 unspecified atom stereocenters. The molecule has 0 saturated heterocycles. The summed E-state index contributed by atoms with van der Waals surface area (Å²) in [5.74, 6) is 2.87. The van der Waals surface area contributed by atoms with E-state index in [-0.39, 0.29) is 0 Å². The van der Waals surface area contributed by atoms with Crippen LogP contribution in [-0.4, -0.2) is 12.0 Å². The van der Waals surface area contributed by atoms with Crippen LogP contribution in [0.5, 0.6) is 0 Å².